The van der Waals surface area contributed by atoms with Gasteiger partial charge in [0, 0.05) is 17.7 Å². The number of benzene rings is 1. The molecule has 1 aromatic rings. The third-order valence-corrected chi connectivity index (χ3v) is 2.88. The van der Waals surface area contributed by atoms with E-state index in [9.17, 15) is 4.79 Å². The third kappa shape index (κ3) is 3.29. The van der Waals surface area contributed by atoms with Crippen LogP contribution in [-0.2, 0) is 4.74 Å². The summed E-state index contributed by atoms with van der Waals surface area (Å²) in [5, 5.41) is 2.58. The minimum Gasteiger partial charge on any atom is -0.497 e. The maximum atomic E-state index is 10.9. The summed E-state index contributed by atoms with van der Waals surface area (Å²) < 4.78 is 15.9. The highest BCUT2D eigenvalue weighted by molar-refractivity contribution is 5.69. The van der Waals surface area contributed by atoms with Crippen molar-refractivity contribution in [3.8, 4) is 11.5 Å². The number of nitrogens with one attached hydrogen (secondary N) is 1. The first-order valence-electron chi connectivity index (χ1n) is 6.11. The van der Waals surface area contributed by atoms with Crippen LogP contribution in [0.3, 0.4) is 0 Å². The van der Waals surface area contributed by atoms with Crippen LogP contribution < -0.4 is 20.5 Å². The number of carbonyl (C=O) groups is 1. The van der Waals surface area contributed by atoms with Crippen LogP contribution in [0.2, 0.25) is 0 Å². The molecule has 0 saturated carbocycles. The van der Waals surface area contributed by atoms with Gasteiger partial charge >= 0.3 is 6.09 Å². The largest absolute Gasteiger partial charge is 0.497 e. The summed E-state index contributed by atoms with van der Waals surface area (Å²) in [6.45, 7) is 2.62. The van der Waals surface area contributed by atoms with Gasteiger partial charge in [-0.1, -0.05) is 6.07 Å². The number of hydrogen-bond acceptors (Lipinski definition) is 5. The molecule has 1 heterocycles. The molecule has 1 amide bonds. The first-order valence-corrected chi connectivity index (χ1v) is 6.11. The molecule has 1 saturated heterocycles. The van der Waals surface area contributed by atoms with E-state index < -0.39 is 6.09 Å². The van der Waals surface area contributed by atoms with E-state index in [0.717, 1.165) is 5.56 Å². The van der Waals surface area contributed by atoms with Gasteiger partial charge in [0.25, 0.3) is 0 Å². The molecule has 0 bridgehead atoms. The molecule has 6 nitrogen and oxygen atoms in total. The van der Waals surface area contributed by atoms with E-state index in [4.69, 9.17) is 19.9 Å². The molecule has 0 radical (unpaired) electrons. The molecular weight excluding hydrogens is 248 g/mol. The highest BCUT2D eigenvalue weighted by Crippen LogP contribution is 2.28. The zero-order chi connectivity index (χ0) is 13.8. The molecule has 1 aliphatic heterocycles. The number of amides is 1. The summed E-state index contributed by atoms with van der Waals surface area (Å²) in [5.74, 6) is 1.35. The highest BCUT2D eigenvalue weighted by Gasteiger charge is 2.23. The molecule has 6 heteroatoms. The summed E-state index contributed by atoms with van der Waals surface area (Å²) in [6, 6.07) is 5.34. The van der Waals surface area contributed by atoms with Gasteiger partial charge in [-0.15, -0.1) is 0 Å². The van der Waals surface area contributed by atoms with Crippen LogP contribution in [0.15, 0.2) is 18.2 Å². The molecule has 1 unspecified atom stereocenters. The van der Waals surface area contributed by atoms with Gasteiger partial charge in [-0.05, 0) is 13.0 Å². The van der Waals surface area contributed by atoms with Crippen molar-refractivity contribution in [1.82, 2.24) is 5.32 Å². The Morgan fingerprint density at radius 1 is 1.58 bits per heavy atom. The van der Waals surface area contributed by atoms with Crippen LogP contribution in [-0.4, -0.2) is 32.5 Å². The summed E-state index contributed by atoms with van der Waals surface area (Å²) in [5.41, 5.74) is 6.78. The second-order valence-corrected chi connectivity index (χ2v) is 4.41. The van der Waals surface area contributed by atoms with E-state index in [1.54, 1.807) is 13.2 Å². The van der Waals surface area contributed by atoms with Crippen molar-refractivity contribution in [3.05, 3.63) is 23.8 Å². The Morgan fingerprint density at radius 2 is 2.37 bits per heavy atom. The molecule has 0 aliphatic carbocycles. The second kappa shape index (κ2) is 5.79. The highest BCUT2D eigenvalue weighted by atomic mass is 16.6. The van der Waals surface area contributed by atoms with Gasteiger partial charge in [-0.3, -0.25) is 0 Å². The van der Waals surface area contributed by atoms with Crippen molar-refractivity contribution in [1.29, 1.82) is 0 Å². The normalized spacial score (nSPS) is 19.5. The number of hydrogen-bond donors (Lipinski definition) is 2. The Kier molecular flexibility index (Phi) is 4.11. The predicted octanol–water partition coefficient (Wildman–Crippen LogP) is 1.20. The van der Waals surface area contributed by atoms with Crippen LogP contribution in [0.1, 0.15) is 18.5 Å². The first kappa shape index (κ1) is 13.5. The SMILES string of the molecule is COc1ccc([C@@H](C)N)c(OCC2CNC(=O)O2)c1. The molecule has 1 aliphatic rings. The van der Waals surface area contributed by atoms with Gasteiger partial charge < -0.3 is 25.3 Å². The fourth-order valence-corrected chi connectivity index (χ4v) is 1.85. The van der Waals surface area contributed by atoms with E-state index in [2.05, 4.69) is 5.32 Å². The number of rotatable bonds is 5. The Bertz CT molecular complexity index is 462. The standard InChI is InChI=1S/C13H18N2O4/c1-8(14)11-4-3-9(17-2)5-12(11)18-7-10-6-15-13(16)19-10/h3-5,8,10H,6-7,14H2,1-2H3,(H,15,16)/t8-,10?/m1/s1. The summed E-state index contributed by atoms with van der Waals surface area (Å²) in [6.07, 6.45) is -0.689. The Hall–Kier alpha value is -1.95. The zero-order valence-corrected chi connectivity index (χ0v) is 11.0. The van der Waals surface area contributed by atoms with Gasteiger partial charge in [-0.2, -0.15) is 0 Å². The number of nitrogens with two attached hydrogens (primary N) is 1. The number of methoxy groups -OCH3 is 1. The lowest BCUT2D eigenvalue weighted by Gasteiger charge is -2.16. The smallest absolute Gasteiger partial charge is 0.407 e. The van der Waals surface area contributed by atoms with E-state index in [1.165, 1.54) is 0 Å². The molecule has 2 atom stereocenters. The fraction of sp³-hybridized carbons (Fsp3) is 0.462. The van der Waals surface area contributed by atoms with Crippen LogP contribution in [0.4, 0.5) is 4.79 Å². The lowest BCUT2D eigenvalue weighted by Crippen LogP contribution is -2.22. The van der Waals surface area contributed by atoms with Gasteiger partial charge in [0.2, 0.25) is 0 Å². The zero-order valence-electron chi connectivity index (χ0n) is 11.0. The van der Waals surface area contributed by atoms with Gasteiger partial charge in [0.15, 0.2) is 6.10 Å². The topological polar surface area (TPSA) is 82.8 Å². The van der Waals surface area contributed by atoms with Crippen molar-refractivity contribution in [2.75, 3.05) is 20.3 Å². The fourth-order valence-electron chi connectivity index (χ4n) is 1.85. The summed E-state index contributed by atoms with van der Waals surface area (Å²) in [4.78, 5) is 10.9. The maximum absolute atomic E-state index is 10.9. The Morgan fingerprint density at radius 3 is 2.95 bits per heavy atom. The van der Waals surface area contributed by atoms with Crippen LogP contribution in [0, 0.1) is 0 Å². The van der Waals surface area contributed by atoms with Crippen LogP contribution in [0.5, 0.6) is 11.5 Å². The van der Waals surface area contributed by atoms with Gasteiger partial charge in [0.05, 0.1) is 13.7 Å². The Labute approximate surface area is 111 Å². The number of carbonyl (C=O) groups excluding carboxylic acids is 1. The molecule has 2 rings (SSSR count). The molecule has 1 fully saturated rings. The van der Waals surface area contributed by atoms with Crippen molar-refractivity contribution < 1.29 is 19.0 Å². The number of cyclic esters (lactones) is 1. The van der Waals surface area contributed by atoms with Crippen molar-refractivity contribution in [3.63, 3.8) is 0 Å². The van der Waals surface area contributed by atoms with E-state index in [1.807, 2.05) is 19.1 Å². The first-order chi connectivity index (χ1) is 9.10. The number of ether oxygens (including phenoxy) is 3. The van der Waals surface area contributed by atoms with Crippen molar-refractivity contribution in [2.24, 2.45) is 5.73 Å². The van der Waals surface area contributed by atoms with E-state index in [-0.39, 0.29) is 18.8 Å². The van der Waals surface area contributed by atoms with Crippen LogP contribution >= 0.6 is 0 Å². The average molecular weight is 266 g/mol. The van der Waals surface area contributed by atoms with Gasteiger partial charge in [0.1, 0.15) is 18.1 Å². The second-order valence-electron chi connectivity index (χ2n) is 4.41. The van der Waals surface area contributed by atoms with E-state index in [0.29, 0.717) is 18.0 Å². The van der Waals surface area contributed by atoms with Gasteiger partial charge in [-0.25, -0.2) is 4.79 Å². The molecule has 19 heavy (non-hydrogen) atoms. The van der Waals surface area contributed by atoms with Crippen molar-refractivity contribution >= 4 is 6.09 Å². The maximum Gasteiger partial charge on any atom is 0.407 e. The molecule has 1 aromatic carbocycles. The molecular formula is C13H18N2O4. The lowest BCUT2D eigenvalue weighted by atomic mass is 10.1. The predicted molar refractivity (Wildman–Crippen MR) is 69.4 cm³/mol. The molecule has 0 spiro atoms. The molecule has 0 aromatic heterocycles. The van der Waals surface area contributed by atoms with Crippen LogP contribution in [0.25, 0.3) is 0 Å². The Balaban J connectivity index is 2.06. The minimum atomic E-state index is -0.411. The monoisotopic (exact) mass is 266 g/mol. The minimum absolute atomic E-state index is 0.148. The summed E-state index contributed by atoms with van der Waals surface area (Å²) >= 11 is 0. The summed E-state index contributed by atoms with van der Waals surface area (Å²) in [7, 11) is 1.59. The quantitative estimate of drug-likeness (QED) is 0.836. The lowest BCUT2D eigenvalue weighted by molar-refractivity contribution is 0.104. The van der Waals surface area contributed by atoms with Crippen molar-refractivity contribution in [2.45, 2.75) is 19.1 Å². The van der Waals surface area contributed by atoms with E-state index >= 15 is 0 Å². The third-order valence-electron chi connectivity index (χ3n) is 2.88. The average Bonchev–Trinajstić information content (AvgIpc) is 2.81. The number of alkyl carbamates (subject to hydrolysis) is 1. The molecule has 104 valence electrons. The molecule has 3 N–H and O–H groups in total.